The summed E-state index contributed by atoms with van der Waals surface area (Å²) in [6, 6.07) is 17.8. The second-order valence-corrected chi connectivity index (χ2v) is 7.99. The average Bonchev–Trinajstić information content (AvgIpc) is 3.12. The van der Waals surface area contributed by atoms with Crippen molar-refractivity contribution in [2.45, 2.75) is 29.4 Å². The molecule has 2 aliphatic heterocycles. The van der Waals surface area contributed by atoms with Crippen LogP contribution in [0.3, 0.4) is 0 Å². The van der Waals surface area contributed by atoms with Crippen LogP contribution in [-0.2, 0) is 11.2 Å². The first-order valence-electron chi connectivity index (χ1n) is 8.85. The summed E-state index contributed by atoms with van der Waals surface area (Å²) in [6.45, 7) is 1.38. The fraction of sp³-hybridized carbons (Fsp3) is 0.333. The van der Waals surface area contributed by atoms with Crippen molar-refractivity contribution in [2.75, 3.05) is 13.1 Å². The number of hydrogen-bond donors (Lipinski definition) is 0. The number of nitrogens with zero attached hydrogens (tertiary/aromatic N) is 1. The maximum Gasteiger partial charge on any atom is 0.236 e. The van der Waals surface area contributed by atoms with Crippen LogP contribution in [0.25, 0.3) is 0 Å². The first-order valence-corrected chi connectivity index (χ1v) is 9.73. The van der Waals surface area contributed by atoms with Crippen LogP contribution >= 0.6 is 11.8 Å². The SMILES string of the molecule is O=C(c1ccccc1)C1CCN(C(=O)C2Cc3ccccc3S2)CC1. The van der Waals surface area contributed by atoms with Gasteiger partial charge in [0.1, 0.15) is 0 Å². The minimum absolute atomic E-state index is 0.00113. The van der Waals surface area contributed by atoms with Gasteiger partial charge in [0.2, 0.25) is 5.91 Å². The summed E-state index contributed by atoms with van der Waals surface area (Å²) in [6.07, 6.45) is 2.36. The molecule has 1 saturated heterocycles. The van der Waals surface area contributed by atoms with Gasteiger partial charge in [0.15, 0.2) is 5.78 Å². The van der Waals surface area contributed by atoms with E-state index in [1.54, 1.807) is 11.8 Å². The number of thioether (sulfide) groups is 1. The molecule has 0 radical (unpaired) electrons. The molecule has 25 heavy (non-hydrogen) atoms. The van der Waals surface area contributed by atoms with Crippen LogP contribution in [-0.4, -0.2) is 34.9 Å². The van der Waals surface area contributed by atoms with Crippen LogP contribution in [0.4, 0.5) is 0 Å². The van der Waals surface area contributed by atoms with Gasteiger partial charge < -0.3 is 4.90 Å². The number of hydrogen-bond acceptors (Lipinski definition) is 3. The van der Waals surface area contributed by atoms with E-state index in [0.717, 1.165) is 24.8 Å². The highest BCUT2D eigenvalue weighted by molar-refractivity contribution is 8.01. The fourth-order valence-corrected chi connectivity index (χ4v) is 5.00. The maximum absolute atomic E-state index is 12.8. The zero-order valence-corrected chi connectivity index (χ0v) is 14.9. The van der Waals surface area contributed by atoms with Gasteiger partial charge in [-0.05, 0) is 30.9 Å². The Bertz CT molecular complexity index is 756. The Morgan fingerprint density at radius 3 is 2.32 bits per heavy atom. The monoisotopic (exact) mass is 351 g/mol. The Labute approximate surface area is 152 Å². The summed E-state index contributed by atoms with van der Waals surface area (Å²) in [4.78, 5) is 28.6. The number of benzene rings is 2. The van der Waals surface area contributed by atoms with Crippen molar-refractivity contribution >= 4 is 23.5 Å². The van der Waals surface area contributed by atoms with E-state index in [2.05, 4.69) is 12.1 Å². The third kappa shape index (κ3) is 3.36. The van der Waals surface area contributed by atoms with Crippen molar-refractivity contribution in [3.8, 4) is 0 Å². The summed E-state index contributed by atoms with van der Waals surface area (Å²) in [5.74, 6) is 0.488. The molecule has 1 unspecified atom stereocenters. The molecule has 128 valence electrons. The molecule has 3 nitrogen and oxygen atoms in total. The molecule has 0 bridgehead atoms. The van der Waals surface area contributed by atoms with Crippen molar-refractivity contribution in [3.63, 3.8) is 0 Å². The van der Waals surface area contributed by atoms with Crippen LogP contribution in [0.2, 0.25) is 0 Å². The molecule has 1 amide bonds. The lowest BCUT2D eigenvalue weighted by atomic mass is 9.88. The molecule has 0 aliphatic carbocycles. The lowest BCUT2D eigenvalue weighted by Crippen LogP contribution is -2.44. The molecule has 2 aromatic carbocycles. The van der Waals surface area contributed by atoms with Crippen molar-refractivity contribution in [1.82, 2.24) is 4.90 Å². The van der Waals surface area contributed by atoms with Gasteiger partial charge in [0, 0.05) is 29.5 Å². The minimum atomic E-state index is -0.00113. The van der Waals surface area contributed by atoms with Crippen molar-refractivity contribution in [2.24, 2.45) is 5.92 Å². The van der Waals surface area contributed by atoms with Crippen LogP contribution in [0.15, 0.2) is 59.5 Å². The first kappa shape index (κ1) is 16.4. The summed E-state index contributed by atoms with van der Waals surface area (Å²) in [5, 5.41) is -0.00113. The van der Waals surface area contributed by atoms with Crippen LogP contribution in [0, 0.1) is 5.92 Å². The molecule has 2 aliphatic rings. The van der Waals surface area contributed by atoms with Crippen molar-refractivity contribution < 1.29 is 9.59 Å². The summed E-state index contributed by atoms with van der Waals surface area (Å²) >= 11 is 1.68. The number of ketones is 1. The first-order chi connectivity index (χ1) is 12.2. The number of Topliss-reactive ketones (excluding diaryl/α,β-unsaturated/α-hetero) is 1. The van der Waals surface area contributed by atoms with Gasteiger partial charge in [0.05, 0.1) is 5.25 Å². The van der Waals surface area contributed by atoms with E-state index in [-0.39, 0.29) is 22.9 Å². The number of carbonyl (C=O) groups excluding carboxylic acids is 2. The van der Waals surface area contributed by atoms with Crippen LogP contribution in [0.5, 0.6) is 0 Å². The third-order valence-electron chi connectivity index (χ3n) is 5.16. The van der Waals surface area contributed by atoms with Gasteiger partial charge in [-0.25, -0.2) is 0 Å². The predicted molar refractivity (Wildman–Crippen MR) is 99.9 cm³/mol. The standard InChI is InChI=1S/C21H21NO2S/c23-20(15-6-2-1-3-7-15)16-10-12-22(13-11-16)21(24)19-14-17-8-4-5-9-18(17)25-19/h1-9,16,19H,10-14H2. The molecule has 1 atom stereocenters. The van der Waals surface area contributed by atoms with E-state index in [9.17, 15) is 9.59 Å². The van der Waals surface area contributed by atoms with E-state index in [4.69, 9.17) is 0 Å². The Kier molecular flexibility index (Phi) is 4.62. The molecule has 4 heteroatoms. The van der Waals surface area contributed by atoms with E-state index in [1.165, 1.54) is 10.5 Å². The van der Waals surface area contributed by atoms with E-state index in [0.29, 0.717) is 13.1 Å². The normalized spacial score (nSPS) is 20.3. The van der Waals surface area contributed by atoms with Gasteiger partial charge in [-0.1, -0.05) is 48.5 Å². The Balaban J connectivity index is 1.35. The van der Waals surface area contributed by atoms with E-state index in [1.807, 2.05) is 47.4 Å². The number of piperidine rings is 1. The lowest BCUT2D eigenvalue weighted by Gasteiger charge is -2.32. The molecule has 0 aromatic heterocycles. The Morgan fingerprint density at radius 2 is 1.60 bits per heavy atom. The molecule has 0 saturated carbocycles. The molecule has 2 heterocycles. The topological polar surface area (TPSA) is 37.4 Å². The number of likely N-dealkylation sites (tertiary alicyclic amines) is 1. The van der Waals surface area contributed by atoms with Crippen LogP contribution < -0.4 is 0 Å². The van der Waals surface area contributed by atoms with E-state index < -0.39 is 0 Å². The fourth-order valence-electron chi connectivity index (χ4n) is 3.72. The molecule has 2 aromatic rings. The second-order valence-electron chi connectivity index (χ2n) is 6.75. The van der Waals surface area contributed by atoms with Gasteiger partial charge >= 0.3 is 0 Å². The highest BCUT2D eigenvalue weighted by Crippen LogP contribution is 2.38. The highest BCUT2D eigenvalue weighted by atomic mass is 32.2. The Hall–Kier alpha value is -2.07. The molecule has 1 fully saturated rings. The van der Waals surface area contributed by atoms with Gasteiger partial charge in [-0.3, -0.25) is 9.59 Å². The number of carbonyl (C=O) groups is 2. The highest BCUT2D eigenvalue weighted by Gasteiger charge is 2.34. The lowest BCUT2D eigenvalue weighted by molar-refractivity contribution is -0.131. The molecule has 0 N–H and O–H groups in total. The smallest absolute Gasteiger partial charge is 0.236 e. The molecule has 4 rings (SSSR count). The van der Waals surface area contributed by atoms with Gasteiger partial charge in [-0.2, -0.15) is 0 Å². The van der Waals surface area contributed by atoms with E-state index >= 15 is 0 Å². The number of rotatable bonds is 3. The largest absolute Gasteiger partial charge is 0.342 e. The molecular weight excluding hydrogens is 330 g/mol. The minimum Gasteiger partial charge on any atom is -0.342 e. The van der Waals surface area contributed by atoms with Gasteiger partial charge in [-0.15, -0.1) is 11.8 Å². The summed E-state index contributed by atoms with van der Waals surface area (Å²) < 4.78 is 0. The quantitative estimate of drug-likeness (QED) is 0.789. The zero-order valence-electron chi connectivity index (χ0n) is 14.1. The van der Waals surface area contributed by atoms with Crippen molar-refractivity contribution in [1.29, 1.82) is 0 Å². The van der Waals surface area contributed by atoms with Gasteiger partial charge in [0.25, 0.3) is 0 Å². The van der Waals surface area contributed by atoms with Crippen LogP contribution in [0.1, 0.15) is 28.8 Å². The number of amides is 1. The van der Waals surface area contributed by atoms with Crippen molar-refractivity contribution in [3.05, 3.63) is 65.7 Å². The third-order valence-corrected chi connectivity index (χ3v) is 6.46. The zero-order chi connectivity index (χ0) is 17.2. The average molecular weight is 351 g/mol. The summed E-state index contributed by atoms with van der Waals surface area (Å²) in [5.41, 5.74) is 2.06. The maximum atomic E-state index is 12.8. The second kappa shape index (κ2) is 7.04. The molecule has 0 spiro atoms. The number of fused-ring (bicyclic) bond motifs is 1. The summed E-state index contributed by atoms with van der Waals surface area (Å²) in [7, 11) is 0. The predicted octanol–water partition coefficient (Wildman–Crippen LogP) is 3.82. The Morgan fingerprint density at radius 1 is 0.920 bits per heavy atom. The molecular formula is C21H21NO2S.